The zero-order valence-corrected chi connectivity index (χ0v) is 12.5. The number of nitrogens with zero attached hydrogens (tertiary/aromatic N) is 4. The van der Waals surface area contributed by atoms with Crippen molar-refractivity contribution in [3.05, 3.63) is 41.7 Å². The molecule has 23 heavy (non-hydrogen) atoms. The van der Waals surface area contributed by atoms with Gasteiger partial charge in [0, 0.05) is 18.3 Å². The summed E-state index contributed by atoms with van der Waals surface area (Å²) in [7, 11) is 0. The maximum absolute atomic E-state index is 9.78. The molecule has 1 N–H and O–H groups in total. The highest BCUT2D eigenvalue weighted by Crippen LogP contribution is 2.54. The fourth-order valence-electron chi connectivity index (χ4n) is 3.95. The number of nitrogens with one attached hydrogen (secondary N) is 1. The molecule has 0 aromatic carbocycles. The van der Waals surface area contributed by atoms with Crippen LogP contribution in [0, 0.1) is 56.7 Å². The topological polar surface area (TPSA) is 108 Å². The monoisotopic (exact) mass is 301 g/mol. The van der Waals surface area contributed by atoms with E-state index < -0.39 is 17.3 Å². The molecule has 1 saturated carbocycles. The van der Waals surface area contributed by atoms with Crippen molar-refractivity contribution in [1.29, 1.82) is 21.2 Å². The Hall–Kier alpha value is -2.97. The van der Waals surface area contributed by atoms with Gasteiger partial charge in [-0.3, -0.25) is 4.98 Å². The molecule has 3 atom stereocenters. The Kier molecular flexibility index (Phi) is 3.68. The Morgan fingerprint density at radius 2 is 2.04 bits per heavy atom. The summed E-state index contributed by atoms with van der Waals surface area (Å²) in [6.45, 7) is 0. The number of hydrogen-bond donors (Lipinski definition) is 1. The van der Waals surface area contributed by atoms with Gasteiger partial charge in [0.2, 0.25) is 0 Å². The highest BCUT2D eigenvalue weighted by atomic mass is 14.7. The molecule has 1 aromatic heterocycles. The van der Waals surface area contributed by atoms with Crippen LogP contribution in [0.3, 0.4) is 0 Å². The van der Waals surface area contributed by atoms with Crippen LogP contribution >= 0.6 is 0 Å². The highest BCUT2D eigenvalue weighted by molar-refractivity contribution is 6.00. The molecule has 2 aliphatic carbocycles. The second kappa shape index (κ2) is 5.67. The summed E-state index contributed by atoms with van der Waals surface area (Å²) in [5.74, 6) is -1.28. The number of rotatable bonds is 1. The van der Waals surface area contributed by atoms with Gasteiger partial charge in [-0.15, -0.1) is 0 Å². The van der Waals surface area contributed by atoms with E-state index in [1.54, 1.807) is 18.5 Å². The molecular weight excluding hydrogens is 286 g/mol. The molecule has 0 bridgehead atoms. The standard InChI is InChI=1S/C18H15N5/c19-8-15-13-5-1-2-6-14(13)16(12-4-3-7-23-9-12)18(10-20,11-21)17(15)22/h3-5,7,9,14-16,22H,1-2,6H2/t14-,15-,16-/m0/s1. The first-order valence-corrected chi connectivity index (χ1v) is 7.60. The van der Waals surface area contributed by atoms with Gasteiger partial charge in [0.15, 0.2) is 5.41 Å². The minimum Gasteiger partial charge on any atom is -0.305 e. The van der Waals surface area contributed by atoms with Gasteiger partial charge in [-0.2, -0.15) is 15.8 Å². The van der Waals surface area contributed by atoms with E-state index in [0.717, 1.165) is 30.4 Å². The molecule has 0 saturated heterocycles. The van der Waals surface area contributed by atoms with E-state index >= 15 is 0 Å². The Labute approximate surface area is 135 Å². The minimum absolute atomic E-state index is 0.0639. The van der Waals surface area contributed by atoms with Crippen LogP contribution in [0.25, 0.3) is 0 Å². The molecule has 0 radical (unpaired) electrons. The van der Waals surface area contributed by atoms with Crippen LogP contribution in [-0.2, 0) is 0 Å². The summed E-state index contributed by atoms with van der Waals surface area (Å²) >= 11 is 0. The van der Waals surface area contributed by atoms with E-state index in [9.17, 15) is 15.8 Å². The number of nitriles is 3. The molecule has 1 fully saturated rings. The fraction of sp³-hybridized carbons (Fsp3) is 0.389. The molecule has 2 aliphatic rings. The smallest absolute Gasteiger partial charge is 0.189 e. The number of hydrogen-bond acceptors (Lipinski definition) is 5. The minimum atomic E-state index is -1.61. The van der Waals surface area contributed by atoms with Crippen LogP contribution in [0.1, 0.15) is 30.7 Å². The van der Waals surface area contributed by atoms with Crippen molar-refractivity contribution in [3.8, 4) is 18.2 Å². The number of pyridine rings is 1. The summed E-state index contributed by atoms with van der Waals surface area (Å²) in [5, 5.41) is 37.5. The lowest BCUT2D eigenvalue weighted by Gasteiger charge is -2.45. The maximum Gasteiger partial charge on any atom is 0.189 e. The van der Waals surface area contributed by atoms with Crippen molar-refractivity contribution in [2.45, 2.75) is 25.2 Å². The van der Waals surface area contributed by atoms with E-state index in [4.69, 9.17) is 5.41 Å². The normalized spacial score (nSPS) is 28.5. The van der Waals surface area contributed by atoms with Gasteiger partial charge in [0.1, 0.15) is 5.92 Å². The molecule has 0 unspecified atom stereocenters. The van der Waals surface area contributed by atoms with Gasteiger partial charge in [-0.05, 0) is 42.4 Å². The van der Waals surface area contributed by atoms with Gasteiger partial charge in [0.25, 0.3) is 0 Å². The molecule has 5 heteroatoms. The van der Waals surface area contributed by atoms with E-state index in [1.165, 1.54) is 0 Å². The van der Waals surface area contributed by atoms with Gasteiger partial charge in [0.05, 0.1) is 23.9 Å². The predicted molar refractivity (Wildman–Crippen MR) is 82.9 cm³/mol. The van der Waals surface area contributed by atoms with Crippen molar-refractivity contribution in [1.82, 2.24) is 4.98 Å². The van der Waals surface area contributed by atoms with E-state index in [2.05, 4.69) is 23.2 Å². The SMILES string of the molecule is N#C[C@@H]1C(=N)C(C#N)(C#N)[C@@H](c2cccnc2)[C@H]2CCCC=C12. The molecule has 3 rings (SSSR count). The quantitative estimate of drug-likeness (QED) is 0.804. The Balaban J connectivity index is 2.26. The molecular formula is C18H15N5. The second-order valence-corrected chi connectivity index (χ2v) is 6.01. The molecule has 1 heterocycles. The van der Waals surface area contributed by atoms with Gasteiger partial charge in [-0.1, -0.05) is 12.1 Å². The Morgan fingerprint density at radius 3 is 2.65 bits per heavy atom. The third-order valence-corrected chi connectivity index (χ3v) is 4.97. The first-order valence-electron chi connectivity index (χ1n) is 7.60. The van der Waals surface area contributed by atoms with Gasteiger partial charge < -0.3 is 5.41 Å². The Morgan fingerprint density at radius 1 is 1.26 bits per heavy atom. The van der Waals surface area contributed by atoms with Crippen molar-refractivity contribution in [2.75, 3.05) is 0 Å². The average Bonchev–Trinajstić information content (AvgIpc) is 2.61. The lowest BCUT2D eigenvalue weighted by Crippen LogP contribution is -2.48. The molecule has 112 valence electrons. The zero-order valence-electron chi connectivity index (χ0n) is 12.5. The highest BCUT2D eigenvalue weighted by Gasteiger charge is 2.57. The fourth-order valence-corrected chi connectivity index (χ4v) is 3.95. The third kappa shape index (κ3) is 2.04. The van der Waals surface area contributed by atoms with Gasteiger partial charge >= 0.3 is 0 Å². The van der Waals surface area contributed by atoms with Crippen molar-refractivity contribution >= 4 is 5.71 Å². The van der Waals surface area contributed by atoms with Crippen molar-refractivity contribution in [3.63, 3.8) is 0 Å². The predicted octanol–water partition coefficient (Wildman–Crippen LogP) is 3.10. The van der Waals surface area contributed by atoms with Crippen LogP contribution in [0.4, 0.5) is 0 Å². The largest absolute Gasteiger partial charge is 0.305 e. The Bertz CT molecular complexity index is 773. The lowest BCUT2D eigenvalue weighted by molar-refractivity contribution is 0.320. The summed E-state index contributed by atoms with van der Waals surface area (Å²) < 4.78 is 0. The van der Waals surface area contributed by atoms with E-state index in [-0.39, 0.29) is 11.6 Å². The van der Waals surface area contributed by atoms with Crippen LogP contribution in [0.2, 0.25) is 0 Å². The summed E-state index contributed by atoms with van der Waals surface area (Å²) in [5.41, 5.74) is -0.0144. The summed E-state index contributed by atoms with van der Waals surface area (Å²) in [6.07, 6.45) is 8.00. The summed E-state index contributed by atoms with van der Waals surface area (Å²) in [6, 6.07) is 9.91. The van der Waals surface area contributed by atoms with E-state index in [0.29, 0.717) is 0 Å². The molecule has 0 aliphatic heterocycles. The third-order valence-electron chi connectivity index (χ3n) is 4.97. The number of allylic oxidation sites excluding steroid dienone is 2. The first-order chi connectivity index (χ1) is 11.2. The molecule has 0 spiro atoms. The average molecular weight is 301 g/mol. The van der Waals surface area contributed by atoms with Crippen LogP contribution in [0.15, 0.2) is 36.2 Å². The maximum atomic E-state index is 9.78. The van der Waals surface area contributed by atoms with Gasteiger partial charge in [-0.25, -0.2) is 0 Å². The summed E-state index contributed by atoms with van der Waals surface area (Å²) in [4.78, 5) is 4.12. The van der Waals surface area contributed by atoms with Crippen LogP contribution < -0.4 is 0 Å². The number of aromatic nitrogens is 1. The van der Waals surface area contributed by atoms with Crippen LogP contribution in [0.5, 0.6) is 0 Å². The van der Waals surface area contributed by atoms with Crippen molar-refractivity contribution < 1.29 is 0 Å². The zero-order chi connectivity index (χ0) is 16.4. The molecule has 5 nitrogen and oxygen atoms in total. The lowest BCUT2D eigenvalue weighted by atomic mass is 9.53. The van der Waals surface area contributed by atoms with E-state index in [1.807, 2.05) is 12.1 Å². The van der Waals surface area contributed by atoms with Crippen LogP contribution in [-0.4, -0.2) is 10.7 Å². The molecule has 0 amide bonds. The molecule has 1 aromatic rings. The number of fused-ring (bicyclic) bond motifs is 1. The second-order valence-electron chi connectivity index (χ2n) is 6.01. The van der Waals surface area contributed by atoms with Crippen molar-refractivity contribution in [2.24, 2.45) is 17.3 Å². The first kappa shape index (κ1) is 14.9.